The number of benzene rings is 10. The van der Waals surface area contributed by atoms with E-state index < -0.39 is 12.1 Å². The summed E-state index contributed by atoms with van der Waals surface area (Å²) in [7, 11) is 0. The Morgan fingerprint density at radius 3 is 1.47 bits per heavy atom. The lowest BCUT2D eigenvalue weighted by Gasteiger charge is -2.26. The zero-order chi connectivity index (χ0) is 43.5. The van der Waals surface area contributed by atoms with Crippen LogP contribution in [0.4, 0.5) is 17.1 Å². The first-order chi connectivity index (χ1) is 30.6. The highest BCUT2D eigenvalue weighted by Gasteiger charge is 2.16. The van der Waals surface area contributed by atoms with Crippen molar-refractivity contribution in [1.29, 1.82) is 0 Å². The van der Waals surface area contributed by atoms with Crippen molar-refractivity contribution in [3.05, 3.63) is 224 Å². The van der Waals surface area contributed by atoms with Crippen LogP contribution in [0.15, 0.2) is 224 Å². The molecule has 0 aliphatic carbocycles. The van der Waals surface area contributed by atoms with Crippen LogP contribution >= 0.6 is 0 Å². The molecule has 0 aromatic heterocycles. The quantitative estimate of drug-likeness (QED) is 0.149. The zero-order valence-corrected chi connectivity index (χ0v) is 29.7. The molecule has 1 nitrogen and oxygen atoms in total. The Morgan fingerprint density at radius 2 is 0.782 bits per heavy atom. The Balaban J connectivity index is 1.19. The topological polar surface area (TPSA) is 3.24 Å². The highest BCUT2D eigenvalue weighted by Crippen LogP contribution is 2.41. The number of hydrogen-bond donors (Lipinski definition) is 0. The van der Waals surface area contributed by atoms with Crippen molar-refractivity contribution in [1.82, 2.24) is 0 Å². The van der Waals surface area contributed by atoms with Crippen molar-refractivity contribution in [2.45, 2.75) is 0 Å². The van der Waals surface area contributed by atoms with E-state index in [0.29, 0.717) is 16.8 Å². The normalized spacial score (nSPS) is 13.3. The third-order valence-electron chi connectivity index (χ3n) is 10.2. The van der Waals surface area contributed by atoms with Crippen LogP contribution in [0.25, 0.3) is 76.8 Å². The van der Waals surface area contributed by atoms with Gasteiger partial charge in [0.15, 0.2) is 0 Å². The van der Waals surface area contributed by atoms with Crippen LogP contribution in [0.5, 0.6) is 0 Å². The molecule has 55 heavy (non-hydrogen) atoms. The molecule has 0 saturated carbocycles. The van der Waals surface area contributed by atoms with E-state index in [2.05, 4.69) is 42.5 Å². The second-order valence-electron chi connectivity index (χ2n) is 13.5. The van der Waals surface area contributed by atoms with Crippen LogP contribution in [0.3, 0.4) is 0 Å². The van der Waals surface area contributed by atoms with E-state index in [0.717, 1.165) is 54.6 Å². The molecule has 0 atom stereocenters. The molecular formula is C54H37N. The van der Waals surface area contributed by atoms with E-state index in [1.165, 1.54) is 4.90 Å². The third-order valence-corrected chi connectivity index (χ3v) is 10.2. The number of nitrogens with zero attached hydrogens (tertiary/aromatic N) is 1. The lowest BCUT2D eigenvalue weighted by atomic mass is 9.90. The largest absolute Gasteiger partial charge is 0.311 e. The van der Waals surface area contributed by atoms with Crippen LogP contribution in [0.2, 0.25) is 0 Å². The molecule has 0 aliphatic rings. The Kier molecular flexibility index (Phi) is 6.33. The molecule has 0 radical (unpaired) electrons. The van der Waals surface area contributed by atoms with Crippen LogP contribution in [-0.4, -0.2) is 0 Å². The summed E-state index contributed by atoms with van der Waals surface area (Å²) in [5.41, 5.74) is 4.65. The summed E-state index contributed by atoms with van der Waals surface area (Å²) >= 11 is 0. The highest BCUT2D eigenvalue weighted by atomic mass is 15.1. The van der Waals surface area contributed by atoms with Crippen molar-refractivity contribution in [2.24, 2.45) is 0 Å². The molecule has 0 bridgehead atoms. The average molecular weight is 708 g/mol. The number of hydrogen-bond acceptors (Lipinski definition) is 1. The van der Waals surface area contributed by atoms with Crippen molar-refractivity contribution in [2.75, 3.05) is 4.90 Å². The van der Waals surface area contributed by atoms with E-state index in [1.807, 2.05) is 97.1 Å². The van der Waals surface area contributed by atoms with Gasteiger partial charge in [-0.3, -0.25) is 0 Å². The molecule has 0 fully saturated rings. The molecule has 0 saturated heterocycles. The van der Waals surface area contributed by atoms with Gasteiger partial charge in [0.1, 0.15) is 0 Å². The fourth-order valence-electron chi connectivity index (χ4n) is 7.48. The summed E-state index contributed by atoms with van der Waals surface area (Å²) in [5, 5.41) is 6.38. The van der Waals surface area contributed by atoms with E-state index in [-0.39, 0.29) is 58.8 Å². The van der Waals surface area contributed by atoms with E-state index in [9.17, 15) is 11.0 Å². The van der Waals surface area contributed by atoms with Crippen LogP contribution < -0.4 is 4.90 Å². The molecule has 0 spiro atoms. The average Bonchev–Trinajstić information content (AvgIpc) is 3.32. The standard InChI is InChI=1S/C54H37N/c1-3-11-38(12-4-1)39-21-29-47(30-22-39)55(48-31-23-40(24-32-48)45-28-35-51-46(37-45)20-19-41-13-7-9-17-50(41)51)49-33-25-43(26-34-49)53-36-27-42-14-8-10-18-52(42)54(53)44-15-5-2-6-16-44/h1-37H/i21D,22D,25D,26D,29D,30D,33D,34D. The van der Waals surface area contributed by atoms with Crippen LogP contribution in [0.1, 0.15) is 11.0 Å². The Hall–Kier alpha value is -7.22. The minimum Gasteiger partial charge on any atom is -0.311 e. The maximum atomic E-state index is 9.68. The van der Waals surface area contributed by atoms with Gasteiger partial charge in [-0.25, -0.2) is 0 Å². The fourth-order valence-corrected chi connectivity index (χ4v) is 7.48. The second-order valence-corrected chi connectivity index (χ2v) is 13.5. The molecule has 1 heteroatoms. The molecule has 10 rings (SSSR count). The Bertz CT molecular complexity index is 3370. The summed E-state index contributed by atoms with van der Waals surface area (Å²) in [6, 6.07) is 53.4. The molecule has 10 aromatic carbocycles. The van der Waals surface area contributed by atoms with Crippen LogP contribution in [0, 0.1) is 0 Å². The van der Waals surface area contributed by atoms with Crippen molar-refractivity contribution >= 4 is 49.4 Å². The van der Waals surface area contributed by atoms with Gasteiger partial charge >= 0.3 is 0 Å². The molecule has 258 valence electrons. The molecular weight excluding hydrogens is 663 g/mol. The smallest absolute Gasteiger partial charge is 0.0645 e. The van der Waals surface area contributed by atoms with Gasteiger partial charge in [0.25, 0.3) is 0 Å². The first-order valence-electron chi connectivity index (χ1n) is 22.3. The minimum atomic E-state index is -0.395. The monoisotopic (exact) mass is 707 g/mol. The molecule has 0 N–H and O–H groups in total. The zero-order valence-electron chi connectivity index (χ0n) is 37.7. The van der Waals surface area contributed by atoms with Gasteiger partial charge in [-0.2, -0.15) is 0 Å². The number of anilines is 3. The number of rotatable bonds is 7. The van der Waals surface area contributed by atoms with Gasteiger partial charge in [0, 0.05) is 17.1 Å². The van der Waals surface area contributed by atoms with E-state index in [1.54, 1.807) is 36.4 Å². The summed E-state index contributed by atoms with van der Waals surface area (Å²) in [5.74, 6) is 0. The first kappa shape index (κ1) is 24.9. The number of fused-ring (bicyclic) bond motifs is 4. The maximum Gasteiger partial charge on any atom is 0.0645 e. The van der Waals surface area contributed by atoms with Gasteiger partial charge in [-0.15, -0.1) is 0 Å². The Labute approximate surface area is 333 Å². The van der Waals surface area contributed by atoms with Crippen LogP contribution in [-0.2, 0) is 0 Å². The van der Waals surface area contributed by atoms with Gasteiger partial charge in [0.05, 0.1) is 11.0 Å². The van der Waals surface area contributed by atoms with E-state index in [4.69, 9.17) is 0 Å². The molecule has 10 aromatic rings. The molecule has 0 heterocycles. The molecule has 0 amide bonds. The SMILES string of the molecule is [2H]c1c([2H])c(N(c2ccc(-c3ccc4c(ccc5ccccc54)c3)cc2)c2c([2H])c([2H])c(-c3ccc4ccccc4c3-c3ccccc3)c([2H])c2[2H])c([2H])c([2H])c1-c1ccccc1. The predicted octanol–water partition coefficient (Wildman–Crippen LogP) is 15.3. The summed E-state index contributed by atoms with van der Waals surface area (Å²) in [6.07, 6.45) is 0. The second kappa shape index (κ2) is 14.0. The van der Waals surface area contributed by atoms with Gasteiger partial charge < -0.3 is 4.90 Å². The maximum absolute atomic E-state index is 9.68. The summed E-state index contributed by atoms with van der Waals surface area (Å²) in [4.78, 5) is 1.36. The molecule has 0 aliphatic heterocycles. The third kappa shape index (κ3) is 6.12. The lowest BCUT2D eigenvalue weighted by Crippen LogP contribution is -2.09. The highest BCUT2D eigenvalue weighted by molar-refractivity contribution is 6.08. The minimum absolute atomic E-state index is 0.108. The van der Waals surface area contributed by atoms with E-state index >= 15 is 0 Å². The van der Waals surface area contributed by atoms with Crippen molar-refractivity contribution in [3.63, 3.8) is 0 Å². The van der Waals surface area contributed by atoms with Crippen molar-refractivity contribution < 1.29 is 11.0 Å². The summed E-state index contributed by atoms with van der Waals surface area (Å²) in [6.45, 7) is 0. The fraction of sp³-hybridized carbons (Fsp3) is 0. The Morgan fingerprint density at radius 1 is 0.291 bits per heavy atom. The van der Waals surface area contributed by atoms with Gasteiger partial charge in [-0.05, 0) is 119 Å². The van der Waals surface area contributed by atoms with Crippen molar-refractivity contribution in [3.8, 4) is 44.5 Å². The summed E-state index contributed by atoms with van der Waals surface area (Å²) < 4.78 is 75.9. The van der Waals surface area contributed by atoms with Gasteiger partial charge in [-0.1, -0.05) is 182 Å². The lowest BCUT2D eigenvalue weighted by molar-refractivity contribution is 1.28. The van der Waals surface area contributed by atoms with Gasteiger partial charge in [0.2, 0.25) is 0 Å². The first-order valence-corrected chi connectivity index (χ1v) is 18.3. The molecule has 0 unspecified atom stereocenters. The predicted molar refractivity (Wildman–Crippen MR) is 235 cm³/mol.